The van der Waals surface area contributed by atoms with E-state index in [0.717, 1.165) is 17.7 Å². The number of likely N-dealkylation sites (tertiary alicyclic amines) is 1. The molecule has 0 bridgehead atoms. The summed E-state index contributed by atoms with van der Waals surface area (Å²) in [7, 11) is 0. The van der Waals surface area contributed by atoms with Crippen LogP contribution in [0.1, 0.15) is 51.2 Å². The molecule has 8 nitrogen and oxygen atoms in total. The van der Waals surface area contributed by atoms with Gasteiger partial charge in [-0.3, -0.25) is 19.3 Å². The maximum atomic E-state index is 13.1. The molecule has 31 heavy (non-hydrogen) atoms. The van der Waals surface area contributed by atoms with Gasteiger partial charge in [0.15, 0.2) is 0 Å². The number of esters is 1. The number of carbonyl (C=O) groups excluding carboxylic acids is 4. The average molecular weight is 430 g/mol. The van der Waals surface area contributed by atoms with Crippen LogP contribution in [0.25, 0.3) is 0 Å². The number of imide groups is 1. The van der Waals surface area contributed by atoms with Crippen LogP contribution < -0.4 is 5.32 Å². The molecule has 0 aromatic heterocycles. The molecular weight excluding hydrogens is 398 g/mol. The fraction of sp³-hybridized carbons (Fsp3) is 0.565. The standard InChI is InChI=1S/C23H31N3O5/c1-4-6-16-7-9-18(10-8-16)23(3)21(29)26(22(30)24-23)15-19(27)25-13-11-17(12-14-25)20(28)31-5-2/h7-10,17H,4-6,11-15H2,1-3H3,(H,24,30)/t23-/m0/s1. The van der Waals surface area contributed by atoms with Crippen molar-refractivity contribution < 1.29 is 23.9 Å². The number of aryl methyl sites for hydroxylation is 1. The highest BCUT2D eigenvalue weighted by Gasteiger charge is 2.49. The van der Waals surface area contributed by atoms with Crippen molar-refractivity contribution in [1.29, 1.82) is 0 Å². The Labute approximate surface area is 182 Å². The van der Waals surface area contributed by atoms with Crippen LogP contribution >= 0.6 is 0 Å². The van der Waals surface area contributed by atoms with Gasteiger partial charge in [-0.05, 0) is 44.2 Å². The Bertz CT molecular complexity index is 845. The van der Waals surface area contributed by atoms with Crippen LogP contribution in [0.5, 0.6) is 0 Å². The fourth-order valence-corrected chi connectivity index (χ4v) is 4.19. The van der Waals surface area contributed by atoms with E-state index in [4.69, 9.17) is 4.74 Å². The molecule has 0 unspecified atom stereocenters. The molecule has 1 atom stereocenters. The molecule has 1 aromatic carbocycles. The van der Waals surface area contributed by atoms with E-state index in [1.54, 1.807) is 18.7 Å². The van der Waals surface area contributed by atoms with Gasteiger partial charge in [0.1, 0.15) is 12.1 Å². The number of amides is 4. The van der Waals surface area contributed by atoms with Crippen molar-refractivity contribution in [3.63, 3.8) is 0 Å². The fourth-order valence-electron chi connectivity index (χ4n) is 4.19. The zero-order chi connectivity index (χ0) is 22.6. The van der Waals surface area contributed by atoms with Crippen LogP contribution in [0.3, 0.4) is 0 Å². The Morgan fingerprint density at radius 2 is 1.77 bits per heavy atom. The van der Waals surface area contributed by atoms with Crippen molar-refractivity contribution in [3.05, 3.63) is 35.4 Å². The van der Waals surface area contributed by atoms with Gasteiger partial charge in [-0.2, -0.15) is 0 Å². The number of nitrogens with one attached hydrogen (secondary N) is 1. The maximum absolute atomic E-state index is 13.1. The lowest BCUT2D eigenvalue weighted by molar-refractivity contribution is -0.151. The number of ether oxygens (including phenoxy) is 1. The Balaban J connectivity index is 1.62. The molecule has 2 fully saturated rings. The van der Waals surface area contributed by atoms with Gasteiger partial charge in [-0.15, -0.1) is 0 Å². The van der Waals surface area contributed by atoms with Crippen LogP contribution in [0.2, 0.25) is 0 Å². The number of hydrogen-bond acceptors (Lipinski definition) is 5. The first kappa shape index (κ1) is 22.8. The molecule has 2 saturated heterocycles. The minimum Gasteiger partial charge on any atom is -0.466 e. The van der Waals surface area contributed by atoms with Gasteiger partial charge in [0.05, 0.1) is 12.5 Å². The largest absolute Gasteiger partial charge is 0.466 e. The maximum Gasteiger partial charge on any atom is 0.325 e. The van der Waals surface area contributed by atoms with Crippen molar-refractivity contribution >= 4 is 23.8 Å². The lowest BCUT2D eigenvalue weighted by atomic mass is 9.91. The van der Waals surface area contributed by atoms with E-state index >= 15 is 0 Å². The third kappa shape index (κ3) is 4.73. The second kappa shape index (κ2) is 9.49. The molecule has 0 saturated carbocycles. The number of benzene rings is 1. The lowest BCUT2D eigenvalue weighted by Crippen LogP contribution is -2.47. The van der Waals surface area contributed by atoms with Gasteiger partial charge in [0.25, 0.3) is 5.91 Å². The summed E-state index contributed by atoms with van der Waals surface area (Å²) in [5, 5.41) is 2.75. The summed E-state index contributed by atoms with van der Waals surface area (Å²) in [4.78, 5) is 52.8. The summed E-state index contributed by atoms with van der Waals surface area (Å²) in [5.74, 6) is -1.17. The third-order valence-corrected chi connectivity index (χ3v) is 6.11. The molecule has 8 heteroatoms. The highest BCUT2D eigenvalue weighted by Crippen LogP contribution is 2.29. The van der Waals surface area contributed by atoms with Gasteiger partial charge in [-0.1, -0.05) is 37.6 Å². The van der Waals surface area contributed by atoms with Gasteiger partial charge >= 0.3 is 12.0 Å². The second-order valence-corrected chi connectivity index (χ2v) is 8.30. The summed E-state index contributed by atoms with van der Waals surface area (Å²) >= 11 is 0. The van der Waals surface area contributed by atoms with Crippen molar-refractivity contribution in [2.45, 2.75) is 52.0 Å². The molecular formula is C23H31N3O5. The minimum atomic E-state index is -1.20. The van der Waals surface area contributed by atoms with E-state index < -0.39 is 17.5 Å². The van der Waals surface area contributed by atoms with E-state index in [2.05, 4.69) is 12.2 Å². The quantitative estimate of drug-likeness (QED) is 0.530. The monoisotopic (exact) mass is 429 g/mol. The first-order chi connectivity index (χ1) is 14.8. The lowest BCUT2D eigenvalue weighted by Gasteiger charge is -2.31. The van der Waals surface area contributed by atoms with E-state index in [-0.39, 0.29) is 24.3 Å². The molecule has 168 valence electrons. The van der Waals surface area contributed by atoms with Crippen LogP contribution in [-0.2, 0) is 31.1 Å². The molecule has 0 aliphatic carbocycles. The Hall–Kier alpha value is -2.90. The molecule has 2 heterocycles. The Morgan fingerprint density at radius 3 is 2.35 bits per heavy atom. The predicted octanol–water partition coefficient (Wildman–Crippen LogP) is 2.21. The molecule has 4 amide bonds. The average Bonchev–Trinajstić information content (AvgIpc) is 2.98. The van der Waals surface area contributed by atoms with E-state index in [0.29, 0.717) is 38.1 Å². The summed E-state index contributed by atoms with van der Waals surface area (Å²) in [6, 6.07) is 7.07. The summed E-state index contributed by atoms with van der Waals surface area (Å²) in [5.41, 5.74) is 0.666. The van der Waals surface area contributed by atoms with Crippen LogP contribution in [0.4, 0.5) is 4.79 Å². The number of rotatable bonds is 7. The zero-order valence-corrected chi connectivity index (χ0v) is 18.5. The molecule has 2 aliphatic heterocycles. The first-order valence-corrected chi connectivity index (χ1v) is 11.0. The Kier molecular flexibility index (Phi) is 6.97. The van der Waals surface area contributed by atoms with Gasteiger partial charge < -0.3 is 15.0 Å². The molecule has 0 spiro atoms. The smallest absolute Gasteiger partial charge is 0.325 e. The van der Waals surface area contributed by atoms with Gasteiger partial charge in [0, 0.05) is 13.1 Å². The number of hydrogen-bond donors (Lipinski definition) is 1. The highest BCUT2D eigenvalue weighted by molar-refractivity contribution is 6.09. The van der Waals surface area contributed by atoms with Crippen molar-refractivity contribution in [3.8, 4) is 0 Å². The number of piperidine rings is 1. The van der Waals surface area contributed by atoms with Crippen LogP contribution in [0.15, 0.2) is 24.3 Å². The number of carbonyl (C=O) groups is 4. The second-order valence-electron chi connectivity index (χ2n) is 8.30. The Morgan fingerprint density at radius 1 is 1.13 bits per heavy atom. The molecule has 1 N–H and O–H groups in total. The first-order valence-electron chi connectivity index (χ1n) is 11.0. The number of urea groups is 1. The molecule has 3 rings (SSSR count). The molecule has 2 aliphatic rings. The van der Waals surface area contributed by atoms with Crippen LogP contribution in [-0.4, -0.2) is 59.9 Å². The van der Waals surface area contributed by atoms with E-state index in [1.165, 1.54) is 5.56 Å². The zero-order valence-electron chi connectivity index (χ0n) is 18.5. The van der Waals surface area contributed by atoms with E-state index in [9.17, 15) is 19.2 Å². The minimum absolute atomic E-state index is 0.209. The predicted molar refractivity (Wildman–Crippen MR) is 114 cm³/mol. The van der Waals surface area contributed by atoms with Crippen molar-refractivity contribution in [2.75, 3.05) is 26.2 Å². The molecule has 1 aromatic rings. The number of nitrogens with zero attached hydrogens (tertiary/aromatic N) is 2. The van der Waals surface area contributed by atoms with Crippen LogP contribution in [0, 0.1) is 5.92 Å². The van der Waals surface area contributed by atoms with Crippen molar-refractivity contribution in [1.82, 2.24) is 15.1 Å². The summed E-state index contributed by atoms with van der Waals surface area (Å²) in [6.45, 7) is 6.37. The SMILES string of the molecule is CCCc1ccc([C@]2(C)NC(=O)N(CC(=O)N3CCC(C(=O)OCC)CC3)C2=O)cc1. The summed E-state index contributed by atoms with van der Waals surface area (Å²) in [6.07, 6.45) is 3.02. The normalized spacial score (nSPS) is 21.9. The molecule has 0 radical (unpaired) electrons. The third-order valence-electron chi connectivity index (χ3n) is 6.11. The highest BCUT2D eigenvalue weighted by atomic mass is 16.5. The summed E-state index contributed by atoms with van der Waals surface area (Å²) < 4.78 is 5.05. The van der Waals surface area contributed by atoms with Gasteiger partial charge in [0.2, 0.25) is 5.91 Å². The van der Waals surface area contributed by atoms with Gasteiger partial charge in [-0.25, -0.2) is 4.79 Å². The van der Waals surface area contributed by atoms with Crippen molar-refractivity contribution in [2.24, 2.45) is 5.92 Å². The topological polar surface area (TPSA) is 96.0 Å². The van der Waals surface area contributed by atoms with E-state index in [1.807, 2.05) is 24.3 Å².